The first-order valence-corrected chi connectivity index (χ1v) is 5.95. The van der Waals surface area contributed by atoms with Crippen LogP contribution in [0.3, 0.4) is 0 Å². The summed E-state index contributed by atoms with van der Waals surface area (Å²) >= 11 is 0. The Hall–Kier alpha value is -1.55. The molecule has 1 aromatic rings. The van der Waals surface area contributed by atoms with Gasteiger partial charge in [0.05, 0.1) is 6.61 Å². The van der Waals surface area contributed by atoms with Crippen molar-refractivity contribution in [3.8, 4) is 0 Å². The van der Waals surface area contributed by atoms with Crippen LogP contribution < -0.4 is 0 Å². The molecule has 0 saturated carbocycles. The summed E-state index contributed by atoms with van der Waals surface area (Å²) in [5.41, 5.74) is 0.920. The summed E-state index contributed by atoms with van der Waals surface area (Å²) in [5.74, 6) is 0.00273. The van der Waals surface area contributed by atoms with E-state index in [1.165, 1.54) is 11.8 Å². The van der Waals surface area contributed by atoms with Gasteiger partial charge < -0.3 is 14.2 Å². The van der Waals surface area contributed by atoms with Crippen LogP contribution in [0, 0.1) is 0 Å². The van der Waals surface area contributed by atoms with Gasteiger partial charge in [0, 0.05) is 38.0 Å². The van der Waals surface area contributed by atoms with E-state index in [1.54, 1.807) is 0 Å². The lowest BCUT2D eigenvalue weighted by Crippen LogP contribution is -2.54. The van der Waals surface area contributed by atoms with Crippen LogP contribution in [0.2, 0.25) is 0 Å². The van der Waals surface area contributed by atoms with E-state index in [0.717, 1.165) is 19.5 Å². The number of nitrogens with zero attached hydrogens (tertiary/aromatic N) is 2. The smallest absolute Gasteiger partial charge is 0.246 e. The highest BCUT2D eigenvalue weighted by Crippen LogP contribution is 2.39. The van der Waals surface area contributed by atoms with E-state index in [4.69, 9.17) is 4.74 Å². The zero-order valence-corrected chi connectivity index (χ0v) is 9.76. The SMILES string of the molecule is C=CC(=O)N1CCn2cccc2C12CCOC2. The van der Waals surface area contributed by atoms with Gasteiger partial charge in [-0.1, -0.05) is 6.58 Å². The number of fused-ring (bicyclic) bond motifs is 2. The van der Waals surface area contributed by atoms with Gasteiger partial charge in [0.1, 0.15) is 5.54 Å². The van der Waals surface area contributed by atoms with Gasteiger partial charge in [-0.15, -0.1) is 0 Å². The van der Waals surface area contributed by atoms with E-state index >= 15 is 0 Å². The van der Waals surface area contributed by atoms with Crippen LogP contribution >= 0.6 is 0 Å². The molecule has 3 rings (SSSR count). The Labute approximate surface area is 100 Å². The number of hydrogen-bond donors (Lipinski definition) is 0. The Balaban J connectivity index is 2.09. The van der Waals surface area contributed by atoms with Gasteiger partial charge in [-0.05, 0) is 18.2 Å². The van der Waals surface area contributed by atoms with Crippen LogP contribution in [-0.4, -0.2) is 35.1 Å². The second-order valence-corrected chi connectivity index (χ2v) is 4.61. The molecule has 2 aliphatic rings. The van der Waals surface area contributed by atoms with Gasteiger partial charge in [-0.25, -0.2) is 0 Å². The molecule has 17 heavy (non-hydrogen) atoms. The lowest BCUT2D eigenvalue weighted by molar-refractivity contribution is -0.134. The van der Waals surface area contributed by atoms with Crippen molar-refractivity contribution in [1.29, 1.82) is 0 Å². The third kappa shape index (κ3) is 1.37. The van der Waals surface area contributed by atoms with E-state index in [1.807, 2.05) is 11.0 Å². The fourth-order valence-electron chi connectivity index (χ4n) is 2.99. The fraction of sp³-hybridized carbons (Fsp3) is 0.462. The van der Waals surface area contributed by atoms with Crippen LogP contribution in [0.5, 0.6) is 0 Å². The Morgan fingerprint density at radius 1 is 1.53 bits per heavy atom. The summed E-state index contributed by atoms with van der Waals surface area (Å²) in [6.07, 6.45) is 4.35. The Morgan fingerprint density at radius 2 is 2.41 bits per heavy atom. The Bertz CT molecular complexity index is 458. The highest BCUT2D eigenvalue weighted by molar-refractivity contribution is 5.88. The van der Waals surface area contributed by atoms with Crippen LogP contribution in [-0.2, 0) is 21.6 Å². The molecule has 1 amide bonds. The van der Waals surface area contributed by atoms with Crippen molar-refractivity contribution in [2.45, 2.75) is 18.5 Å². The molecule has 4 heteroatoms. The first kappa shape index (κ1) is 10.6. The number of carbonyl (C=O) groups excluding carboxylic acids is 1. The van der Waals surface area contributed by atoms with Crippen molar-refractivity contribution < 1.29 is 9.53 Å². The van der Waals surface area contributed by atoms with Gasteiger partial charge >= 0.3 is 0 Å². The maximum atomic E-state index is 12.0. The predicted octanol–water partition coefficient (Wildman–Crippen LogP) is 1.13. The van der Waals surface area contributed by atoms with Crippen LogP contribution in [0.4, 0.5) is 0 Å². The molecule has 0 N–H and O–H groups in total. The number of hydrogen-bond acceptors (Lipinski definition) is 2. The van der Waals surface area contributed by atoms with E-state index in [9.17, 15) is 4.79 Å². The van der Waals surface area contributed by atoms with Crippen molar-refractivity contribution in [3.05, 3.63) is 36.7 Å². The average Bonchev–Trinajstić information content (AvgIpc) is 2.98. The van der Waals surface area contributed by atoms with E-state index in [2.05, 4.69) is 23.4 Å². The van der Waals surface area contributed by atoms with Gasteiger partial charge in [0.2, 0.25) is 5.91 Å². The molecule has 1 spiro atoms. The highest BCUT2D eigenvalue weighted by atomic mass is 16.5. The van der Waals surface area contributed by atoms with Crippen LogP contribution in [0.15, 0.2) is 31.0 Å². The summed E-state index contributed by atoms with van der Waals surface area (Å²) in [6.45, 7) is 6.49. The maximum absolute atomic E-state index is 12.0. The van der Waals surface area contributed by atoms with Crippen molar-refractivity contribution in [1.82, 2.24) is 9.47 Å². The Kier molecular flexibility index (Phi) is 2.33. The molecule has 0 radical (unpaired) electrons. The zero-order valence-electron chi connectivity index (χ0n) is 9.76. The molecule has 1 unspecified atom stereocenters. The van der Waals surface area contributed by atoms with Crippen molar-refractivity contribution in [3.63, 3.8) is 0 Å². The fourth-order valence-corrected chi connectivity index (χ4v) is 2.99. The van der Waals surface area contributed by atoms with Crippen molar-refractivity contribution in [2.24, 2.45) is 0 Å². The quantitative estimate of drug-likeness (QED) is 0.680. The number of rotatable bonds is 1. The summed E-state index contributed by atoms with van der Waals surface area (Å²) < 4.78 is 7.77. The molecule has 90 valence electrons. The first-order valence-electron chi connectivity index (χ1n) is 5.95. The van der Waals surface area contributed by atoms with Gasteiger partial charge in [0.15, 0.2) is 0 Å². The van der Waals surface area contributed by atoms with Crippen molar-refractivity contribution in [2.75, 3.05) is 19.8 Å². The minimum absolute atomic E-state index is 0.00273. The summed E-state index contributed by atoms with van der Waals surface area (Å²) in [4.78, 5) is 13.9. The average molecular weight is 232 g/mol. The molecule has 0 aromatic carbocycles. The van der Waals surface area contributed by atoms with Crippen LogP contribution in [0.25, 0.3) is 0 Å². The molecule has 4 nitrogen and oxygen atoms in total. The monoisotopic (exact) mass is 232 g/mol. The second kappa shape index (κ2) is 3.74. The molecule has 1 aromatic heterocycles. The lowest BCUT2D eigenvalue weighted by Gasteiger charge is -2.44. The largest absolute Gasteiger partial charge is 0.378 e. The molecular weight excluding hydrogens is 216 g/mol. The summed E-state index contributed by atoms with van der Waals surface area (Å²) in [7, 11) is 0. The molecule has 1 atom stereocenters. The van der Waals surface area contributed by atoms with Crippen LogP contribution in [0.1, 0.15) is 12.1 Å². The minimum Gasteiger partial charge on any atom is -0.378 e. The first-order chi connectivity index (χ1) is 8.28. The number of aromatic nitrogens is 1. The van der Waals surface area contributed by atoms with E-state index in [0.29, 0.717) is 13.2 Å². The second-order valence-electron chi connectivity index (χ2n) is 4.61. The molecule has 0 bridgehead atoms. The van der Waals surface area contributed by atoms with Gasteiger partial charge in [-0.3, -0.25) is 4.79 Å². The lowest BCUT2D eigenvalue weighted by atomic mass is 9.89. The van der Waals surface area contributed by atoms with Gasteiger partial charge in [0.25, 0.3) is 0 Å². The minimum atomic E-state index is -0.271. The third-order valence-electron chi connectivity index (χ3n) is 3.83. The van der Waals surface area contributed by atoms with Gasteiger partial charge in [-0.2, -0.15) is 0 Å². The molecule has 0 aliphatic carbocycles. The molecule has 1 fully saturated rings. The Morgan fingerprint density at radius 3 is 3.12 bits per heavy atom. The topological polar surface area (TPSA) is 34.5 Å². The van der Waals surface area contributed by atoms with E-state index < -0.39 is 0 Å². The molecule has 1 saturated heterocycles. The molecular formula is C13H16N2O2. The normalized spacial score (nSPS) is 27.2. The molecule has 2 aliphatic heterocycles. The number of amides is 1. The predicted molar refractivity (Wildman–Crippen MR) is 63.5 cm³/mol. The maximum Gasteiger partial charge on any atom is 0.246 e. The number of ether oxygens (including phenoxy) is 1. The number of carbonyl (C=O) groups is 1. The summed E-state index contributed by atoms with van der Waals surface area (Å²) in [5, 5.41) is 0. The standard InChI is InChI=1S/C13H16N2O2/c1-2-12(16)15-8-7-14-6-3-4-11(14)13(15)5-9-17-10-13/h2-4,6H,1,5,7-10H2. The van der Waals surface area contributed by atoms with Crippen molar-refractivity contribution >= 4 is 5.91 Å². The molecule has 3 heterocycles. The zero-order chi connectivity index (χ0) is 11.9. The third-order valence-corrected chi connectivity index (χ3v) is 3.83. The highest BCUT2D eigenvalue weighted by Gasteiger charge is 2.47. The van der Waals surface area contributed by atoms with E-state index in [-0.39, 0.29) is 11.4 Å². The summed E-state index contributed by atoms with van der Waals surface area (Å²) in [6, 6.07) is 4.13.